The molecule has 2 saturated heterocycles. The van der Waals surface area contributed by atoms with Crippen LogP contribution in [0.2, 0.25) is 5.02 Å². The quantitative estimate of drug-likeness (QED) is 0.460. The summed E-state index contributed by atoms with van der Waals surface area (Å²) in [6, 6.07) is 6.47. The highest BCUT2D eigenvalue weighted by Crippen LogP contribution is 2.33. The van der Waals surface area contributed by atoms with Crippen molar-refractivity contribution in [3.05, 3.63) is 52.3 Å². The molecule has 4 N–H and O–H groups in total. The normalized spacial score (nSPS) is 20.5. The van der Waals surface area contributed by atoms with Crippen molar-refractivity contribution >= 4 is 40.6 Å². The highest BCUT2D eigenvalue weighted by atomic mass is 35.5. The Morgan fingerprint density at radius 1 is 1.22 bits per heavy atom. The van der Waals surface area contributed by atoms with Crippen LogP contribution in [0.4, 0.5) is 11.5 Å². The second-order valence-electron chi connectivity index (χ2n) is 9.43. The number of rotatable bonds is 4. The van der Waals surface area contributed by atoms with Crippen molar-refractivity contribution in [2.75, 3.05) is 43.9 Å². The Morgan fingerprint density at radius 3 is 2.86 bits per heavy atom. The number of amides is 2. The fraction of sp³-hybridized carbons (Fsp3) is 0.440. The first-order valence-electron chi connectivity index (χ1n) is 12.3. The molecule has 0 unspecified atom stereocenters. The molecule has 2 aromatic heterocycles. The van der Waals surface area contributed by atoms with Gasteiger partial charge < -0.3 is 26.2 Å². The highest BCUT2D eigenvalue weighted by Gasteiger charge is 2.32. The molecule has 5 rings (SSSR count). The molecule has 0 spiro atoms. The molecule has 190 valence electrons. The average molecular weight is 511 g/mol. The van der Waals surface area contributed by atoms with Crippen LogP contribution in [-0.4, -0.2) is 70.6 Å². The van der Waals surface area contributed by atoms with E-state index in [9.17, 15) is 9.59 Å². The Morgan fingerprint density at radius 2 is 2.06 bits per heavy atom. The molecule has 0 aliphatic carbocycles. The Hall–Kier alpha value is -3.37. The number of piperazine rings is 1. The van der Waals surface area contributed by atoms with Crippen molar-refractivity contribution in [1.29, 1.82) is 0 Å². The van der Waals surface area contributed by atoms with Crippen molar-refractivity contribution in [3.63, 3.8) is 0 Å². The number of hydrogen-bond donors (Lipinski definition) is 3. The number of likely N-dealkylation sites (tertiary alicyclic amines) is 1. The molecule has 2 aliphatic rings. The van der Waals surface area contributed by atoms with Crippen LogP contribution >= 0.6 is 11.6 Å². The van der Waals surface area contributed by atoms with Crippen LogP contribution in [0.5, 0.6) is 0 Å². The third-order valence-corrected chi connectivity index (χ3v) is 7.25. The van der Waals surface area contributed by atoms with E-state index < -0.39 is 0 Å². The summed E-state index contributed by atoms with van der Waals surface area (Å²) in [6.07, 6.45) is 4.70. The largest absolute Gasteiger partial charge is 0.398 e. The first-order chi connectivity index (χ1) is 17.4. The smallest absolute Gasteiger partial charge is 0.256 e. The van der Waals surface area contributed by atoms with Gasteiger partial charge in [0.15, 0.2) is 5.65 Å². The maximum absolute atomic E-state index is 13.5. The minimum atomic E-state index is -0.289. The van der Waals surface area contributed by atoms with Gasteiger partial charge in [0.25, 0.3) is 5.91 Å². The number of piperidine rings is 1. The zero-order chi connectivity index (χ0) is 25.4. The molecule has 0 bridgehead atoms. The van der Waals surface area contributed by atoms with E-state index >= 15 is 0 Å². The van der Waals surface area contributed by atoms with E-state index in [1.165, 1.54) is 0 Å². The van der Waals surface area contributed by atoms with Gasteiger partial charge in [0.1, 0.15) is 11.9 Å². The Balaban J connectivity index is 1.45. The van der Waals surface area contributed by atoms with Crippen LogP contribution in [0, 0.1) is 6.92 Å². The molecule has 4 heterocycles. The van der Waals surface area contributed by atoms with Gasteiger partial charge in [-0.05, 0) is 44.4 Å². The summed E-state index contributed by atoms with van der Waals surface area (Å²) >= 11 is 6.15. The predicted octanol–water partition coefficient (Wildman–Crippen LogP) is 2.16. The maximum Gasteiger partial charge on any atom is 0.256 e. The summed E-state index contributed by atoms with van der Waals surface area (Å²) in [6.45, 7) is 4.61. The number of nitrogens with zero attached hydrogens (tertiary/aromatic N) is 5. The topological polar surface area (TPSA) is 121 Å². The Labute approximate surface area is 214 Å². The van der Waals surface area contributed by atoms with Gasteiger partial charge in [0.05, 0.1) is 17.3 Å². The second kappa shape index (κ2) is 9.94. The fourth-order valence-corrected chi connectivity index (χ4v) is 5.32. The summed E-state index contributed by atoms with van der Waals surface area (Å²) in [5.74, 6) is 0.669. The van der Waals surface area contributed by atoms with Crippen LogP contribution in [0.3, 0.4) is 0 Å². The fourth-order valence-electron chi connectivity index (χ4n) is 5.14. The first kappa shape index (κ1) is 24.3. The zero-order valence-corrected chi connectivity index (χ0v) is 21.3. The van der Waals surface area contributed by atoms with Crippen LogP contribution in [0.25, 0.3) is 5.65 Å². The molecule has 2 amide bonds. The summed E-state index contributed by atoms with van der Waals surface area (Å²) in [7, 11) is 1.65. The van der Waals surface area contributed by atoms with Gasteiger partial charge in [-0.15, -0.1) is 0 Å². The first-order valence-corrected chi connectivity index (χ1v) is 12.7. The van der Waals surface area contributed by atoms with E-state index in [0.29, 0.717) is 41.6 Å². The molecule has 2 aliphatic heterocycles. The number of nitrogens with one attached hydrogen (secondary N) is 2. The molecule has 2 fully saturated rings. The summed E-state index contributed by atoms with van der Waals surface area (Å²) in [5.41, 5.74) is 9.42. The molecule has 36 heavy (non-hydrogen) atoms. The zero-order valence-electron chi connectivity index (χ0n) is 20.5. The molecular weight excluding hydrogens is 480 g/mol. The summed E-state index contributed by atoms with van der Waals surface area (Å²) in [5, 5.41) is 11.3. The molecular formula is C25H31ClN8O2. The number of anilines is 2. The third kappa shape index (κ3) is 4.58. The minimum Gasteiger partial charge on any atom is -0.398 e. The van der Waals surface area contributed by atoms with Gasteiger partial charge in [-0.2, -0.15) is 5.10 Å². The predicted molar refractivity (Wildman–Crippen MR) is 139 cm³/mol. The number of fused-ring (bicyclic) bond motifs is 1. The van der Waals surface area contributed by atoms with E-state index in [1.807, 2.05) is 24.1 Å². The lowest BCUT2D eigenvalue weighted by molar-refractivity contribution is -0.122. The molecule has 11 heteroatoms. The van der Waals surface area contributed by atoms with Gasteiger partial charge in [-0.1, -0.05) is 11.6 Å². The number of aromatic nitrogens is 3. The standard InChI is InChI=1S/C25H31ClN8O2/c1-15-13-34-22(30-23(15)32-10-8-29-20(14-32)24(35)28-2)12-19(31-34)21-5-3-4-9-33(21)25(36)17-11-16(26)6-7-18(17)27/h6-7,11-13,20-21,29H,3-5,8-10,14,27H2,1-2H3,(H,28,35)/t20-,21+/m1/s1. The van der Waals surface area contributed by atoms with Gasteiger partial charge in [-0.25, -0.2) is 9.50 Å². The molecule has 1 aromatic carbocycles. The number of hydrogen-bond acceptors (Lipinski definition) is 7. The monoisotopic (exact) mass is 510 g/mol. The van der Waals surface area contributed by atoms with E-state index in [1.54, 1.807) is 29.8 Å². The summed E-state index contributed by atoms with van der Waals surface area (Å²) in [4.78, 5) is 34.6. The Bertz CT molecular complexity index is 1310. The molecule has 0 saturated carbocycles. The van der Waals surface area contributed by atoms with E-state index in [4.69, 9.17) is 27.4 Å². The third-order valence-electron chi connectivity index (χ3n) is 7.01. The molecule has 0 radical (unpaired) electrons. The Kier molecular flexibility index (Phi) is 6.72. The van der Waals surface area contributed by atoms with E-state index in [-0.39, 0.29) is 23.9 Å². The van der Waals surface area contributed by atoms with Gasteiger partial charge in [-0.3, -0.25) is 9.59 Å². The van der Waals surface area contributed by atoms with Gasteiger partial charge in [0, 0.05) is 61.8 Å². The lowest BCUT2D eigenvalue weighted by Crippen LogP contribution is -2.57. The number of halogens is 1. The molecule has 3 aromatic rings. The van der Waals surface area contributed by atoms with Crippen molar-refractivity contribution in [1.82, 2.24) is 30.1 Å². The van der Waals surface area contributed by atoms with Crippen molar-refractivity contribution in [2.45, 2.75) is 38.3 Å². The van der Waals surface area contributed by atoms with Crippen LogP contribution in [-0.2, 0) is 4.79 Å². The van der Waals surface area contributed by atoms with Crippen LogP contribution < -0.4 is 21.3 Å². The number of nitrogens with two attached hydrogens (primary N) is 1. The second-order valence-corrected chi connectivity index (χ2v) is 9.86. The van der Waals surface area contributed by atoms with Crippen LogP contribution in [0.15, 0.2) is 30.5 Å². The van der Waals surface area contributed by atoms with Crippen LogP contribution in [0.1, 0.15) is 46.9 Å². The lowest BCUT2D eigenvalue weighted by Gasteiger charge is -2.35. The SMILES string of the molecule is CNC(=O)[C@H]1CN(c2nc3cc([C@@H]4CCCCN4C(=O)c4cc(Cl)ccc4N)nn3cc2C)CCN1. The number of likely N-dealkylation sites (N-methyl/N-ethyl adjacent to an activating group) is 1. The number of nitrogen functional groups attached to an aromatic ring is 1. The minimum absolute atomic E-state index is 0.0348. The van der Waals surface area contributed by atoms with E-state index in [0.717, 1.165) is 42.9 Å². The molecule has 2 atom stereocenters. The van der Waals surface area contributed by atoms with Crippen molar-refractivity contribution in [2.24, 2.45) is 0 Å². The lowest BCUT2D eigenvalue weighted by atomic mass is 9.98. The number of carbonyl (C=O) groups is 2. The van der Waals surface area contributed by atoms with Crippen molar-refractivity contribution in [3.8, 4) is 0 Å². The number of aryl methyl sites for hydroxylation is 1. The highest BCUT2D eigenvalue weighted by molar-refractivity contribution is 6.31. The summed E-state index contributed by atoms with van der Waals surface area (Å²) < 4.78 is 1.78. The number of carbonyl (C=O) groups excluding carboxylic acids is 2. The molecule has 10 nitrogen and oxygen atoms in total. The van der Waals surface area contributed by atoms with Crippen molar-refractivity contribution < 1.29 is 9.59 Å². The van der Waals surface area contributed by atoms with Gasteiger partial charge >= 0.3 is 0 Å². The van der Waals surface area contributed by atoms with E-state index in [2.05, 4.69) is 15.5 Å². The number of benzene rings is 1. The maximum atomic E-state index is 13.5. The van der Waals surface area contributed by atoms with Gasteiger partial charge in [0.2, 0.25) is 5.91 Å². The average Bonchev–Trinajstić information content (AvgIpc) is 3.31.